The molecule has 0 aliphatic heterocycles. The van der Waals surface area contributed by atoms with Crippen LogP contribution in [0.4, 0.5) is 13.2 Å². The van der Waals surface area contributed by atoms with Gasteiger partial charge in [0.2, 0.25) is 0 Å². The van der Waals surface area contributed by atoms with Gasteiger partial charge in [-0.15, -0.1) is 0 Å². The zero-order valence-corrected chi connectivity index (χ0v) is 16.1. The molecular weight excluding hydrogens is 375 g/mol. The molecule has 5 heteroatoms. The molecule has 150 valence electrons. The van der Waals surface area contributed by atoms with Crippen molar-refractivity contribution < 1.29 is 18.0 Å². The molecule has 2 nitrogen and oxygen atoms in total. The maximum Gasteiger partial charge on any atom is 0.416 e. The summed E-state index contributed by atoms with van der Waals surface area (Å²) in [5.41, 5.74) is 1.47. The SMILES string of the molecule is C[C@H](NC(=O)c1ccc2c(-c3ccc(C(F)(F)F)cc3)cccc2c1)C1CCC1. The first kappa shape index (κ1) is 19.5. The van der Waals surface area contributed by atoms with Gasteiger partial charge in [-0.3, -0.25) is 4.79 Å². The van der Waals surface area contributed by atoms with Gasteiger partial charge in [0.05, 0.1) is 5.56 Å². The maximum atomic E-state index is 12.8. The number of amides is 1. The Kier molecular flexibility index (Phi) is 5.07. The van der Waals surface area contributed by atoms with Crippen LogP contribution in [0.5, 0.6) is 0 Å². The van der Waals surface area contributed by atoms with Crippen molar-refractivity contribution >= 4 is 16.7 Å². The number of alkyl halides is 3. The van der Waals surface area contributed by atoms with Gasteiger partial charge < -0.3 is 5.32 Å². The minimum atomic E-state index is -4.35. The average molecular weight is 397 g/mol. The molecule has 1 aliphatic rings. The third-order valence-corrected chi connectivity index (χ3v) is 5.88. The lowest BCUT2D eigenvalue weighted by molar-refractivity contribution is -0.137. The highest BCUT2D eigenvalue weighted by Crippen LogP contribution is 2.34. The Labute approximate surface area is 167 Å². The van der Waals surface area contributed by atoms with Crippen molar-refractivity contribution in [1.29, 1.82) is 0 Å². The van der Waals surface area contributed by atoms with E-state index in [0.717, 1.165) is 41.3 Å². The molecule has 0 aromatic heterocycles. The van der Waals surface area contributed by atoms with Crippen molar-refractivity contribution in [3.63, 3.8) is 0 Å². The van der Waals surface area contributed by atoms with Gasteiger partial charge in [-0.1, -0.05) is 42.8 Å². The first-order valence-electron chi connectivity index (χ1n) is 9.84. The number of carbonyl (C=O) groups is 1. The lowest BCUT2D eigenvalue weighted by atomic mass is 9.80. The normalized spacial score (nSPS) is 15.7. The molecule has 1 aliphatic carbocycles. The Hall–Kier alpha value is -2.82. The maximum absolute atomic E-state index is 12.8. The summed E-state index contributed by atoms with van der Waals surface area (Å²) in [6.07, 6.45) is -0.797. The van der Waals surface area contributed by atoms with Gasteiger partial charge in [-0.2, -0.15) is 13.2 Å². The predicted octanol–water partition coefficient (Wildman–Crippen LogP) is 6.44. The van der Waals surface area contributed by atoms with Crippen molar-refractivity contribution in [2.45, 2.75) is 38.4 Å². The summed E-state index contributed by atoms with van der Waals surface area (Å²) in [5, 5.41) is 4.86. The molecule has 3 aromatic carbocycles. The lowest BCUT2D eigenvalue weighted by Gasteiger charge is -2.31. The minimum absolute atomic E-state index is 0.0915. The topological polar surface area (TPSA) is 29.1 Å². The summed E-state index contributed by atoms with van der Waals surface area (Å²) >= 11 is 0. The van der Waals surface area contributed by atoms with E-state index in [9.17, 15) is 18.0 Å². The molecule has 1 atom stereocenters. The van der Waals surface area contributed by atoms with Gasteiger partial charge in [-0.05, 0) is 71.8 Å². The number of nitrogens with one attached hydrogen (secondary N) is 1. The van der Waals surface area contributed by atoms with Gasteiger partial charge in [0.25, 0.3) is 5.91 Å². The summed E-state index contributed by atoms with van der Waals surface area (Å²) in [5.74, 6) is 0.469. The Morgan fingerprint density at radius 1 is 1.03 bits per heavy atom. The van der Waals surface area contributed by atoms with E-state index in [2.05, 4.69) is 5.32 Å². The molecule has 1 N–H and O–H groups in total. The fourth-order valence-electron chi connectivity index (χ4n) is 3.86. The molecule has 29 heavy (non-hydrogen) atoms. The van der Waals surface area contributed by atoms with E-state index in [1.807, 2.05) is 37.3 Å². The molecule has 0 heterocycles. The van der Waals surface area contributed by atoms with Crippen molar-refractivity contribution in [2.75, 3.05) is 0 Å². The molecule has 3 aromatic rings. The second-order valence-corrected chi connectivity index (χ2v) is 7.77. The molecule has 0 bridgehead atoms. The summed E-state index contributed by atoms with van der Waals surface area (Å²) in [6.45, 7) is 2.05. The van der Waals surface area contributed by atoms with Gasteiger partial charge in [0, 0.05) is 11.6 Å². The summed E-state index contributed by atoms with van der Waals surface area (Å²) < 4.78 is 38.5. The molecule has 0 radical (unpaired) electrons. The second kappa shape index (κ2) is 7.54. The molecule has 0 unspecified atom stereocenters. The van der Waals surface area contributed by atoms with E-state index < -0.39 is 11.7 Å². The van der Waals surface area contributed by atoms with Gasteiger partial charge in [-0.25, -0.2) is 0 Å². The number of carbonyl (C=O) groups excluding carboxylic acids is 1. The Bertz CT molecular complexity index is 1040. The van der Waals surface area contributed by atoms with E-state index in [4.69, 9.17) is 0 Å². The monoisotopic (exact) mass is 397 g/mol. The Balaban J connectivity index is 1.61. The van der Waals surface area contributed by atoms with Crippen molar-refractivity contribution in [3.05, 3.63) is 71.8 Å². The summed E-state index contributed by atoms with van der Waals surface area (Å²) in [6, 6.07) is 16.4. The van der Waals surface area contributed by atoms with Crippen molar-refractivity contribution in [1.82, 2.24) is 5.32 Å². The van der Waals surface area contributed by atoms with E-state index >= 15 is 0 Å². The zero-order valence-electron chi connectivity index (χ0n) is 16.1. The van der Waals surface area contributed by atoms with Crippen LogP contribution < -0.4 is 5.32 Å². The van der Waals surface area contributed by atoms with Crippen LogP contribution in [0.1, 0.15) is 42.1 Å². The predicted molar refractivity (Wildman–Crippen MR) is 109 cm³/mol. The number of rotatable bonds is 4. The van der Waals surface area contributed by atoms with E-state index in [1.54, 1.807) is 6.07 Å². The molecule has 0 saturated heterocycles. The van der Waals surface area contributed by atoms with Crippen molar-refractivity contribution in [2.24, 2.45) is 5.92 Å². The van der Waals surface area contributed by atoms with Crippen LogP contribution in [0, 0.1) is 5.92 Å². The van der Waals surface area contributed by atoms with Gasteiger partial charge in [0.15, 0.2) is 0 Å². The highest BCUT2D eigenvalue weighted by Gasteiger charge is 2.30. The summed E-state index contributed by atoms with van der Waals surface area (Å²) in [4.78, 5) is 12.6. The number of fused-ring (bicyclic) bond motifs is 1. The fourth-order valence-corrected chi connectivity index (χ4v) is 3.86. The van der Waals surface area contributed by atoms with Crippen LogP contribution in [0.3, 0.4) is 0 Å². The number of hydrogen-bond acceptors (Lipinski definition) is 1. The standard InChI is InChI=1S/C24H22F3NO/c1-15(16-4-2-5-16)28-23(29)19-10-13-22-18(14-19)6-3-7-21(22)17-8-11-20(12-9-17)24(25,26)27/h3,6-16H,2,4-5H2,1H3,(H,28,29)/t15-/m0/s1. The smallest absolute Gasteiger partial charge is 0.349 e. The highest BCUT2D eigenvalue weighted by molar-refractivity contribution is 6.02. The van der Waals surface area contributed by atoms with E-state index in [0.29, 0.717) is 17.0 Å². The third-order valence-electron chi connectivity index (χ3n) is 5.88. The first-order chi connectivity index (χ1) is 13.8. The largest absolute Gasteiger partial charge is 0.416 e. The summed E-state index contributed by atoms with van der Waals surface area (Å²) in [7, 11) is 0. The molecule has 4 rings (SSSR count). The number of benzene rings is 3. The van der Waals surface area contributed by atoms with Crippen LogP contribution in [0.15, 0.2) is 60.7 Å². The van der Waals surface area contributed by atoms with Crippen LogP contribution in [-0.4, -0.2) is 11.9 Å². The molecule has 1 saturated carbocycles. The number of hydrogen-bond donors (Lipinski definition) is 1. The van der Waals surface area contributed by atoms with Crippen LogP contribution in [0.2, 0.25) is 0 Å². The van der Waals surface area contributed by atoms with E-state index in [-0.39, 0.29) is 11.9 Å². The van der Waals surface area contributed by atoms with Gasteiger partial charge in [0.1, 0.15) is 0 Å². The fraction of sp³-hybridized carbons (Fsp3) is 0.292. The van der Waals surface area contributed by atoms with Crippen LogP contribution >= 0.6 is 0 Å². The van der Waals surface area contributed by atoms with Crippen molar-refractivity contribution in [3.8, 4) is 11.1 Å². The molecule has 1 fully saturated rings. The first-order valence-corrected chi connectivity index (χ1v) is 9.84. The minimum Gasteiger partial charge on any atom is -0.349 e. The third kappa shape index (κ3) is 4.00. The Morgan fingerprint density at radius 3 is 2.38 bits per heavy atom. The Morgan fingerprint density at radius 2 is 1.76 bits per heavy atom. The number of halogens is 3. The molecule has 0 spiro atoms. The zero-order chi connectivity index (χ0) is 20.6. The quantitative estimate of drug-likeness (QED) is 0.539. The molecule has 1 amide bonds. The van der Waals surface area contributed by atoms with E-state index in [1.165, 1.54) is 18.6 Å². The second-order valence-electron chi connectivity index (χ2n) is 7.77. The van der Waals surface area contributed by atoms with Crippen LogP contribution in [-0.2, 0) is 6.18 Å². The van der Waals surface area contributed by atoms with Gasteiger partial charge >= 0.3 is 6.18 Å². The van der Waals surface area contributed by atoms with Crippen LogP contribution in [0.25, 0.3) is 21.9 Å². The average Bonchev–Trinajstić information content (AvgIpc) is 2.65. The lowest BCUT2D eigenvalue weighted by Crippen LogP contribution is -2.40. The molecular formula is C24H22F3NO. The highest BCUT2D eigenvalue weighted by atomic mass is 19.4.